The number of para-hydroxylation sites is 1. The van der Waals surface area contributed by atoms with Gasteiger partial charge in [-0.3, -0.25) is 9.59 Å². The van der Waals surface area contributed by atoms with E-state index >= 15 is 0 Å². The quantitative estimate of drug-likeness (QED) is 0.211. The molecule has 0 fully saturated rings. The number of ketones is 1. The van der Waals surface area contributed by atoms with Crippen LogP contribution in [0, 0.1) is 0 Å². The summed E-state index contributed by atoms with van der Waals surface area (Å²) in [6.45, 7) is -0.395. The number of furan rings is 1. The van der Waals surface area contributed by atoms with Gasteiger partial charge >= 0.3 is 5.97 Å². The van der Waals surface area contributed by atoms with Crippen molar-refractivity contribution in [3.8, 4) is 0 Å². The second-order valence-corrected chi connectivity index (χ2v) is 7.37. The van der Waals surface area contributed by atoms with Gasteiger partial charge in [-0.1, -0.05) is 53.0 Å². The molecule has 1 heterocycles. The number of benzene rings is 2. The molecule has 134 valence electrons. The lowest BCUT2D eigenvalue weighted by Gasteiger charge is -2.07. The summed E-state index contributed by atoms with van der Waals surface area (Å²) in [5.41, 5.74) is 0.604. The second kappa shape index (κ2) is 8.35. The maximum atomic E-state index is 12.1. The van der Waals surface area contributed by atoms with Gasteiger partial charge in [-0.25, -0.2) is 0 Å². The van der Waals surface area contributed by atoms with E-state index in [0.717, 1.165) is 17.1 Å². The van der Waals surface area contributed by atoms with Crippen molar-refractivity contribution in [1.29, 1.82) is 0 Å². The monoisotopic (exact) mass is 428 g/mol. The minimum absolute atomic E-state index is 0.0227. The van der Waals surface area contributed by atoms with E-state index in [1.165, 1.54) is 0 Å². The molecular formula is C18H11Cl3O4S. The van der Waals surface area contributed by atoms with Crippen LogP contribution in [0.15, 0.2) is 51.8 Å². The summed E-state index contributed by atoms with van der Waals surface area (Å²) < 4.78 is 10.4. The van der Waals surface area contributed by atoms with E-state index in [9.17, 15) is 9.59 Å². The van der Waals surface area contributed by atoms with E-state index < -0.39 is 18.4 Å². The highest BCUT2D eigenvalue weighted by Crippen LogP contribution is 2.37. The number of hydrogen-bond acceptors (Lipinski definition) is 5. The van der Waals surface area contributed by atoms with Crippen molar-refractivity contribution in [2.75, 3.05) is 12.4 Å². The Morgan fingerprint density at radius 2 is 1.81 bits per heavy atom. The molecule has 3 aromatic rings. The molecule has 0 amide bonds. The van der Waals surface area contributed by atoms with E-state index in [4.69, 9.17) is 44.0 Å². The molecule has 0 aliphatic rings. The summed E-state index contributed by atoms with van der Waals surface area (Å²) in [6, 6.07) is 12.1. The van der Waals surface area contributed by atoms with Crippen LogP contribution < -0.4 is 0 Å². The summed E-state index contributed by atoms with van der Waals surface area (Å²) in [5, 5.41) is 1.65. The Morgan fingerprint density at radius 1 is 1.04 bits per heavy atom. The molecule has 0 aliphatic heterocycles. The molecule has 0 radical (unpaired) electrons. The number of fused-ring (bicyclic) bond motifs is 1. The zero-order chi connectivity index (χ0) is 18.7. The zero-order valence-corrected chi connectivity index (χ0v) is 16.2. The number of hydrogen-bond donors (Lipinski definition) is 0. The molecule has 0 aliphatic carbocycles. The predicted octanol–water partition coefficient (Wildman–Crippen LogP) is 5.91. The van der Waals surface area contributed by atoms with Gasteiger partial charge in [0.05, 0.1) is 20.8 Å². The summed E-state index contributed by atoms with van der Waals surface area (Å²) in [5.74, 6) is -0.835. The fraction of sp³-hybridized carbons (Fsp3) is 0.111. The Kier molecular flexibility index (Phi) is 6.14. The second-order valence-electron chi connectivity index (χ2n) is 5.19. The lowest BCUT2D eigenvalue weighted by molar-refractivity contribution is -0.139. The van der Waals surface area contributed by atoms with Crippen molar-refractivity contribution < 1.29 is 18.7 Å². The first kappa shape index (κ1) is 19.1. The molecule has 0 atom stereocenters. The Bertz CT molecular complexity index is 951. The Labute approximate surface area is 168 Å². The smallest absolute Gasteiger partial charge is 0.316 e. The van der Waals surface area contributed by atoms with Crippen molar-refractivity contribution in [2.45, 2.75) is 4.90 Å². The molecule has 0 N–H and O–H groups in total. The minimum atomic E-state index is -0.554. The average Bonchev–Trinajstić information content (AvgIpc) is 3.08. The van der Waals surface area contributed by atoms with Crippen molar-refractivity contribution in [3.63, 3.8) is 0 Å². The third-order valence-electron chi connectivity index (χ3n) is 3.41. The number of carbonyl (C=O) groups excluding carboxylic acids is 2. The summed E-state index contributed by atoms with van der Waals surface area (Å²) in [7, 11) is 0. The first-order chi connectivity index (χ1) is 12.5. The molecule has 1 aromatic heterocycles. The fourth-order valence-electron chi connectivity index (χ4n) is 2.13. The van der Waals surface area contributed by atoms with Crippen LogP contribution in [0.1, 0.15) is 10.6 Å². The number of Topliss-reactive ketones (excluding diaryl/α,β-unsaturated/α-hetero) is 1. The molecule has 0 saturated carbocycles. The van der Waals surface area contributed by atoms with Crippen LogP contribution in [0.3, 0.4) is 0 Å². The molecule has 3 rings (SSSR count). The maximum Gasteiger partial charge on any atom is 0.316 e. The number of rotatable bonds is 6. The van der Waals surface area contributed by atoms with Gasteiger partial charge in [0.1, 0.15) is 5.58 Å². The fourth-order valence-corrected chi connectivity index (χ4v) is 3.64. The average molecular weight is 430 g/mol. The van der Waals surface area contributed by atoms with Gasteiger partial charge in [0.25, 0.3) is 0 Å². The molecular weight excluding hydrogens is 419 g/mol. The Morgan fingerprint density at radius 3 is 2.58 bits per heavy atom. The Balaban J connectivity index is 1.54. The van der Waals surface area contributed by atoms with Gasteiger partial charge in [-0.05, 0) is 24.3 Å². The van der Waals surface area contributed by atoms with Gasteiger partial charge in [0.2, 0.25) is 5.78 Å². The largest absolute Gasteiger partial charge is 0.457 e. The highest BCUT2D eigenvalue weighted by Gasteiger charge is 2.16. The van der Waals surface area contributed by atoms with Crippen molar-refractivity contribution in [2.24, 2.45) is 0 Å². The van der Waals surface area contributed by atoms with Crippen LogP contribution in [-0.4, -0.2) is 24.1 Å². The van der Waals surface area contributed by atoms with Crippen molar-refractivity contribution >= 4 is 69.3 Å². The zero-order valence-electron chi connectivity index (χ0n) is 13.1. The number of esters is 1. The number of halogens is 3. The lowest BCUT2D eigenvalue weighted by Crippen LogP contribution is -2.15. The maximum absolute atomic E-state index is 12.1. The summed E-state index contributed by atoms with van der Waals surface area (Å²) in [6.07, 6.45) is 0. The molecule has 4 nitrogen and oxygen atoms in total. The molecule has 8 heteroatoms. The normalized spacial score (nSPS) is 10.9. The molecule has 0 unspecified atom stereocenters. The van der Waals surface area contributed by atoms with Crippen LogP contribution in [0.25, 0.3) is 11.0 Å². The number of carbonyl (C=O) groups is 2. The van der Waals surface area contributed by atoms with Crippen LogP contribution in [0.5, 0.6) is 0 Å². The summed E-state index contributed by atoms with van der Waals surface area (Å²) >= 11 is 19.0. The van der Waals surface area contributed by atoms with E-state index in [1.54, 1.807) is 24.3 Å². The Hall–Kier alpha value is -1.66. The molecule has 0 spiro atoms. The predicted molar refractivity (Wildman–Crippen MR) is 104 cm³/mol. The minimum Gasteiger partial charge on any atom is -0.457 e. The van der Waals surface area contributed by atoms with Crippen LogP contribution >= 0.6 is 46.6 Å². The van der Waals surface area contributed by atoms with E-state index in [1.807, 2.05) is 18.2 Å². The van der Waals surface area contributed by atoms with Gasteiger partial charge < -0.3 is 9.15 Å². The van der Waals surface area contributed by atoms with Crippen LogP contribution in [0.2, 0.25) is 15.1 Å². The molecule has 2 aromatic carbocycles. The van der Waals surface area contributed by atoms with Gasteiger partial charge in [0.15, 0.2) is 12.4 Å². The van der Waals surface area contributed by atoms with Gasteiger partial charge in [-0.2, -0.15) is 0 Å². The number of thioether (sulfide) groups is 1. The van der Waals surface area contributed by atoms with E-state index in [2.05, 4.69) is 0 Å². The third kappa shape index (κ3) is 4.35. The van der Waals surface area contributed by atoms with Gasteiger partial charge in [0, 0.05) is 10.3 Å². The topological polar surface area (TPSA) is 56.5 Å². The first-order valence-corrected chi connectivity index (χ1v) is 9.51. The molecule has 26 heavy (non-hydrogen) atoms. The SMILES string of the molecule is O=C(CSc1ccc(Cl)c(Cl)c1Cl)OCC(=O)c1cc2ccccc2o1. The molecule has 0 bridgehead atoms. The summed E-state index contributed by atoms with van der Waals surface area (Å²) in [4.78, 5) is 24.6. The standard InChI is InChI=1S/C18H11Cl3O4S/c19-11-5-6-15(18(21)17(11)20)26-9-16(23)24-8-12(22)14-7-10-3-1-2-4-13(10)25-14/h1-7H,8-9H2. The van der Waals surface area contributed by atoms with Crippen LogP contribution in [0.4, 0.5) is 0 Å². The lowest BCUT2D eigenvalue weighted by atomic mass is 10.2. The van der Waals surface area contributed by atoms with E-state index in [0.29, 0.717) is 15.5 Å². The van der Waals surface area contributed by atoms with Crippen molar-refractivity contribution in [3.05, 3.63) is 63.3 Å². The van der Waals surface area contributed by atoms with Crippen molar-refractivity contribution in [1.82, 2.24) is 0 Å². The highest BCUT2D eigenvalue weighted by molar-refractivity contribution is 8.00. The molecule has 0 saturated heterocycles. The van der Waals surface area contributed by atoms with Crippen LogP contribution in [-0.2, 0) is 9.53 Å². The number of ether oxygens (including phenoxy) is 1. The third-order valence-corrected chi connectivity index (χ3v) is 5.85. The first-order valence-electron chi connectivity index (χ1n) is 7.39. The van der Waals surface area contributed by atoms with Gasteiger partial charge in [-0.15, -0.1) is 11.8 Å². The highest BCUT2D eigenvalue weighted by atomic mass is 35.5. The van der Waals surface area contributed by atoms with E-state index in [-0.39, 0.29) is 21.6 Å².